The van der Waals surface area contributed by atoms with Crippen LogP contribution in [-0.4, -0.2) is 10.9 Å². The number of anilines is 1. The molecule has 5 rings (SSSR count). The van der Waals surface area contributed by atoms with Crippen LogP contribution in [-0.2, 0) is 0 Å². The number of carbonyl (C=O) groups excluding carboxylic acids is 1. The summed E-state index contributed by atoms with van der Waals surface area (Å²) in [5.41, 5.74) is 1.83. The molecule has 1 N–H and O–H groups in total. The van der Waals surface area contributed by atoms with Crippen LogP contribution < -0.4 is 19.5 Å². The van der Waals surface area contributed by atoms with Crippen LogP contribution in [0.2, 0.25) is 5.02 Å². The Morgan fingerprint density at radius 1 is 0.838 bits per heavy atom. The summed E-state index contributed by atoms with van der Waals surface area (Å²) < 4.78 is 17.2. The van der Waals surface area contributed by atoms with Crippen molar-refractivity contribution in [3.8, 4) is 23.0 Å². The van der Waals surface area contributed by atoms with Crippen molar-refractivity contribution < 1.29 is 19.0 Å². The third kappa shape index (κ3) is 5.10. The summed E-state index contributed by atoms with van der Waals surface area (Å²) in [5, 5.41) is 5.82. The van der Waals surface area contributed by atoms with Crippen molar-refractivity contribution in [3.63, 3.8) is 0 Å². The van der Waals surface area contributed by atoms with Crippen LogP contribution in [0.4, 0.5) is 5.69 Å². The van der Waals surface area contributed by atoms with Gasteiger partial charge in [0.05, 0.1) is 18.0 Å². The summed E-state index contributed by atoms with van der Waals surface area (Å²) in [5.74, 6) is 1.87. The smallest absolute Gasteiger partial charge is 0.256 e. The van der Waals surface area contributed by atoms with E-state index in [-0.39, 0.29) is 5.91 Å². The highest BCUT2D eigenvalue weighted by Crippen LogP contribution is 2.38. The predicted octanol–water partition coefficient (Wildman–Crippen LogP) is 8.13. The Labute approximate surface area is 218 Å². The first-order valence-corrected chi connectivity index (χ1v) is 11.7. The van der Waals surface area contributed by atoms with E-state index in [0.717, 1.165) is 16.2 Å². The molecule has 0 bridgehead atoms. The first-order valence-electron chi connectivity index (χ1n) is 11.3. The van der Waals surface area contributed by atoms with Gasteiger partial charge < -0.3 is 19.5 Å². The Balaban J connectivity index is 1.47. The lowest BCUT2D eigenvalue weighted by atomic mass is 10.0. The summed E-state index contributed by atoms with van der Waals surface area (Å²) in [7, 11) is 0. The molecule has 1 heterocycles. The van der Waals surface area contributed by atoms with Crippen molar-refractivity contribution in [3.05, 3.63) is 121 Å². The van der Waals surface area contributed by atoms with E-state index in [0.29, 0.717) is 44.8 Å². The predicted molar refractivity (Wildman–Crippen MR) is 147 cm³/mol. The van der Waals surface area contributed by atoms with Gasteiger partial charge in [-0.1, -0.05) is 43.0 Å². The third-order valence-electron chi connectivity index (χ3n) is 5.59. The fraction of sp³-hybridized carbons (Fsp3) is 0. The minimum Gasteiger partial charge on any atom is -0.462 e. The fourth-order valence-corrected chi connectivity index (χ4v) is 4.19. The zero-order chi connectivity index (χ0) is 25.8. The molecular formula is C30H21ClN2O4. The maximum absolute atomic E-state index is 13.0. The van der Waals surface area contributed by atoms with Crippen molar-refractivity contribution in [2.45, 2.75) is 0 Å². The standard InChI is InChI=1S/C30H21ClN2O4/c1-3-35-28-17-25-26(18-29(28)36-4-2)32-14-13-27(25)37-22-11-12-23-19(15-22)7-5-10-24(23)30(34)33-21-9-6-8-20(31)16-21/h3-18H,1-2H2,(H,33,34). The maximum Gasteiger partial charge on any atom is 0.256 e. The topological polar surface area (TPSA) is 69.7 Å². The number of pyridine rings is 1. The number of aromatic nitrogens is 1. The minimum absolute atomic E-state index is 0.228. The van der Waals surface area contributed by atoms with E-state index in [4.69, 9.17) is 25.8 Å². The van der Waals surface area contributed by atoms with E-state index in [1.54, 1.807) is 54.7 Å². The molecule has 5 aromatic rings. The molecule has 0 unspecified atom stereocenters. The molecule has 0 aliphatic carbocycles. The summed E-state index contributed by atoms with van der Waals surface area (Å²) >= 11 is 6.05. The van der Waals surface area contributed by atoms with Crippen LogP contribution in [0.5, 0.6) is 23.0 Å². The number of hydrogen-bond acceptors (Lipinski definition) is 5. The molecule has 0 aliphatic rings. The average molecular weight is 509 g/mol. The lowest BCUT2D eigenvalue weighted by molar-refractivity contribution is 0.102. The Bertz CT molecular complexity index is 1670. The van der Waals surface area contributed by atoms with Gasteiger partial charge in [-0.3, -0.25) is 9.78 Å². The second kappa shape index (κ2) is 10.4. The SMILES string of the molecule is C=COc1cc2nccc(Oc3ccc4c(C(=O)Nc5cccc(Cl)c5)cccc4c3)c2cc1OC=C. The molecule has 0 spiro atoms. The Morgan fingerprint density at radius 3 is 2.41 bits per heavy atom. The summed E-state index contributed by atoms with van der Waals surface area (Å²) in [4.78, 5) is 17.4. The zero-order valence-electron chi connectivity index (χ0n) is 19.6. The van der Waals surface area contributed by atoms with E-state index in [9.17, 15) is 4.79 Å². The number of fused-ring (bicyclic) bond motifs is 2. The van der Waals surface area contributed by atoms with Crippen molar-refractivity contribution in [2.75, 3.05) is 5.32 Å². The number of halogens is 1. The lowest BCUT2D eigenvalue weighted by Gasteiger charge is -2.13. The highest BCUT2D eigenvalue weighted by atomic mass is 35.5. The van der Waals surface area contributed by atoms with E-state index < -0.39 is 0 Å². The molecule has 0 atom stereocenters. The quantitative estimate of drug-likeness (QED) is 0.214. The van der Waals surface area contributed by atoms with Crippen LogP contribution in [0, 0.1) is 0 Å². The van der Waals surface area contributed by atoms with Gasteiger partial charge in [-0.15, -0.1) is 0 Å². The number of nitrogens with one attached hydrogen (secondary N) is 1. The molecule has 37 heavy (non-hydrogen) atoms. The van der Waals surface area contributed by atoms with Gasteiger partial charge in [0.2, 0.25) is 0 Å². The number of rotatable bonds is 8. The van der Waals surface area contributed by atoms with Crippen LogP contribution in [0.25, 0.3) is 21.7 Å². The van der Waals surface area contributed by atoms with Crippen LogP contribution >= 0.6 is 11.6 Å². The molecule has 6 nitrogen and oxygen atoms in total. The normalized spacial score (nSPS) is 10.6. The third-order valence-corrected chi connectivity index (χ3v) is 5.83. The minimum atomic E-state index is -0.228. The number of nitrogens with zero attached hydrogens (tertiary/aromatic N) is 1. The Kier molecular flexibility index (Phi) is 6.74. The van der Waals surface area contributed by atoms with Crippen LogP contribution in [0.3, 0.4) is 0 Å². The summed E-state index contributed by atoms with van der Waals surface area (Å²) in [6, 6.07) is 23.4. The number of carbonyl (C=O) groups is 1. The van der Waals surface area contributed by atoms with Crippen molar-refractivity contribution >= 4 is 44.9 Å². The largest absolute Gasteiger partial charge is 0.462 e. The molecule has 1 amide bonds. The van der Waals surface area contributed by atoms with Gasteiger partial charge in [-0.05, 0) is 65.4 Å². The first-order chi connectivity index (χ1) is 18.1. The van der Waals surface area contributed by atoms with E-state index in [2.05, 4.69) is 23.5 Å². The number of benzene rings is 4. The van der Waals surface area contributed by atoms with Gasteiger partial charge >= 0.3 is 0 Å². The average Bonchev–Trinajstić information content (AvgIpc) is 2.89. The van der Waals surface area contributed by atoms with Crippen LogP contribution in [0.15, 0.2) is 111 Å². The molecule has 7 heteroatoms. The number of amides is 1. The van der Waals surface area contributed by atoms with Crippen molar-refractivity contribution in [1.29, 1.82) is 0 Å². The maximum atomic E-state index is 13.0. The van der Waals surface area contributed by atoms with E-state index >= 15 is 0 Å². The Morgan fingerprint density at radius 2 is 1.62 bits per heavy atom. The lowest BCUT2D eigenvalue weighted by Crippen LogP contribution is -2.12. The molecule has 4 aromatic carbocycles. The van der Waals surface area contributed by atoms with Gasteiger partial charge in [0.25, 0.3) is 5.91 Å². The highest BCUT2D eigenvalue weighted by molar-refractivity contribution is 6.31. The molecule has 182 valence electrons. The van der Waals surface area contributed by atoms with Crippen molar-refractivity contribution in [2.24, 2.45) is 0 Å². The summed E-state index contributed by atoms with van der Waals surface area (Å²) in [6.07, 6.45) is 4.29. The Hall–Kier alpha value is -4.81. The molecular weight excluding hydrogens is 488 g/mol. The van der Waals surface area contributed by atoms with Gasteiger partial charge in [0, 0.05) is 33.9 Å². The molecule has 1 aromatic heterocycles. The zero-order valence-corrected chi connectivity index (χ0v) is 20.4. The van der Waals surface area contributed by atoms with Crippen LogP contribution in [0.1, 0.15) is 10.4 Å². The van der Waals surface area contributed by atoms with Gasteiger partial charge in [-0.25, -0.2) is 0 Å². The van der Waals surface area contributed by atoms with Gasteiger partial charge in [-0.2, -0.15) is 0 Å². The molecule has 0 aliphatic heterocycles. The van der Waals surface area contributed by atoms with Gasteiger partial charge in [0.1, 0.15) is 11.5 Å². The van der Waals surface area contributed by atoms with Gasteiger partial charge in [0.15, 0.2) is 11.5 Å². The molecule has 0 fully saturated rings. The van der Waals surface area contributed by atoms with E-state index in [1.165, 1.54) is 12.5 Å². The molecule has 0 saturated carbocycles. The second-order valence-corrected chi connectivity index (χ2v) is 8.39. The number of ether oxygens (including phenoxy) is 3. The highest BCUT2D eigenvalue weighted by Gasteiger charge is 2.14. The van der Waals surface area contributed by atoms with Crippen molar-refractivity contribution in [1.82, 2.24) is 4.98 Å². The number of hydrogen-bond donors (Lipinski definition) is 1. The van der Waals surface area contributed by atoms with E-state index in [1.807, 2.05) is 30.3 Å². The second-order valence-electron chi connectivity index (χ2n) is 7.95. The summed E-state index contributed by atoms with van der Waals surface area (Å²) in [6.45, 7) is 7.22. The molecule has 0 saturated heterocycles. The first kappa shape index (κ1) is 23.9. The monoisotopic (exact) mass is 508 g/mol. The fourth-order valence-electron chi connectivity index (χ4n) is 4.00. The molecule has 0 radical (unpaired) electrons.